The van der Waals surface area contributed by atoms with Crippen LogP contribution in [0.25, 0.3) is 0 Å². The molecule has 1 aliphatic rings. The zero-order valence-electron chi connectivity index (χ0n) is 13.3. The average Bonchev–Trinajstić information content (AvgIpc) is 2.95. The first-order chi connectivity index (χ1) is 12.0. The largest absolute Gasteiger partial charge is 0.318 e. The second-order valence-electron chi connectivity index (χ2n) is 5.57. The third kappa shape index (κ3) is 3.97. The fraction of sp³-hybridized carbons (Fsp3) is 0.176. The molecular weight excluding hydrogens is 342 g/mol. The van der Waals surface area contributed by atoms with Crippen molar-refractivity contribution in [3.8, 4) is 0 Å². The number of nitrogens with one attached hydrogen (secondary N) is 2. The van der Waals surface area contributed by atoms with Gasteiger partial charge >= 0.3 is 11.8 Å². The molecule has 1 fully saturated rings. The van der Waals surface area contributed by atoms with E-state index in [2.05, 4.69) is 10.6 Å². The van der Waals surface area contributed by atoms with Gasteiger partial charge in [-0.1, -0.05) is 24.3 Å². The first kappa shape index (κ1) is 17.0. The van der Waals surface area contributed by atoms with Gasteiger partial charge in [-0.25, -0.2) is 8.42 Å². The topological polar surface area (TPSA) is 95.6 Å². The SMILES string of the molecule is O=C(Nc1ccccc1)C(=O)Nc1cccc(N2CCCS2(=O)=O)c1. The Balaban J connectivity index is 1.69. The van der Waals surface area contributed by atoms with Crippen LogP contribution in [-0.4, -0.2) is 32.5 Å². The zero-order chi connectivity index (χ0) is 17.9. The molecule has 1 saturated heterocycles. The van der Waals surface area contributed by atoms with E-state index in [0.29, 0.717) is 30.0 Å². The molecular formula is C17H17N3O4S. The summed E-state index contributed by atoms with van der Waals surface area (Å²) in [5.41, 5.74) is 1.34. The van der Waals surface area contributed by atoms with Crippen molar-refractivity contribution in [2.75, 3.05) is 27.2 Å². The van der Waals surface area contributed by atoms with Crippen molar-refractivity contribution in [1.29, 1.82) is 0 Å². The van der Waals surface area contributed by atoms with Crippen LogP contribution in [0.2, 0.25) is 0 Å². The molecule has 2 aromatic carbocycles. The summed E-state index contributed by atoms with van der Waals surface area (Å²) >= 11 is 0. The number of sulfonamides is 1. The highest BCUT2D eigenvalue weighted by Gasteiger charge is 2.28. The number of amides is 2. The van der Waals surface area contributed by atoms with Gasteiger partial charge in [-0.3, -0.25) is 13.9 Å². The average molecular weight is 359 g/mol. The van der Waals surface area contributed by atoms with Gasteiger partial charge in [0.15, 0.2) is 0 Å². The van der Waals surface area contributed by atoms with Crippen molar-refractivity contribution in [3.05, 3.63) is 54.6 Å². The van der Waals surface area contributed by atoms with E-state index in [9.17, 15) is 18.0 Å². The minimum absolute atomic E-state index is 0.114. The van der Waals surface area contributed by atoms with E-state index < -0.39 is 21.8 Å². The van der Waals surface area contributed by atoms with Crippen molar-refractivity contribution < 1.29 is 18.0 Å². The molecule has 1 aliphatic heterocycles. The summed E-state index contributed by atoms with van der Waals surface area (Å²) in [7, 11) is -3.30. The number of benzene rings is 2. The van der Waals surface area contributed by atoms with Gasteiger partial charge in [0.2, 0.25) is 10.0 Å². The molecule has 3 rings (SSSR count). The molecule has 0 bridgehead atoms. The molecule has 8 heteroatoms. The lowest BCUT2D eigenvalue weighted by Crippen LogP contribution is -2.29. The lowest BCUT2D eigenvalue weighted by molar-refractivity contribution is -0.132. The van der Waals surface area contributed by atoms with Gasteiger partial charge in [0.1, 0.15) is 0 Å². The molecule has 0 radical (unpaired) electrons. The van der Waals surface area contributed by atoms with Crippen molar-refractivity contribution in [3.63, 3.8) is 0 Å². The van der Waals surface area contributed by atoms with Gasteiger partial charge in [0, 0.05) is 17.9 Å². The predicted octanol–water partition coefficient (Wildman–Crippen LogP) is 1.80. The number of anilines is 3. The fourth-order valence-corrected chi connectivity index (χ4v) is 4.12. The normalized spacial score (nSPS) is 15.6. The summed E-state index contributed by atoms with van der Waals surface area (Å²) in [6, 6.07) is 15.1. The van der Waals surface area contributed by atoms with E-state index in [1.54, 1.807) is 48.5 Å². The highest BCUT2D eigenvalue weighted by molar-refractivity contribution is 7.93. The highest BCUT2D eigenvalue weighted by atomic mass is 32.2. The molecule has 0 aliphatic carbocycles. The standard InChI is InChI=1S/C17H17N3O4S/c21-16(18-13-6-2-1-3-7-13)17(22)19-14-8-4-9-15(12-14)20-10-5-11-25(20,23)24/h1-4,6-9,12H,5,10-11H2,(H,18,21)(H,19,22). The second kappa shape index (κ2) is 6.94. The Hall–Kier alpha value is -2.87. The summed E-state index contributed by atoms with van der Waals surface area (Å²) < 4.78 is 25.3. The Bertz CT molecular complexity index is 897. The van der Waals surface area contributed by atoms with Gasteiger partial charge in [0.25, 0.3) is 0 Å². The Kier molecular flexibility index (Phi) is 4.71. The van der Waals surface area contributed by atoms with Crippen LogP contribution >= 0.6 is 0 Å². The number of carbonyl (C=O) groups is 2. The van der Waals surface area contributed by atoms with Crippen LogP contribution in [0.15, 0.2) is 54.6 Å². The van der Waals surface area contributed by atoms with Crippen LogP contribution in [0.3, 0.4) is 0 Å². The molecule has 0 unspecified atom stereocenters. The van der Waals surface area contributed by atoms with Crippen LogP contribution in [0.4, 0.5) is 17.1 Å². The van der Waals surface area contributed by atoms with Crippen molar-refractivity contribution >= 4 is 38.9 Å². The van der Waals surface area contributed by atoms with Gasteiger partial charge in [-0.2, -0.15) is 0 Å². The quantitative estimate of drug-likeness (QED) is 0.817. The Morgan fingerprint density at radius 3 is 2.16 bits per heavy atom. The maximum Gasteiger partial charge on any atom is 0.314 e. The Morgan fingerprint density at radius 2 is 1.52 bits per heavy atom. The first-order valence-corrected chi connectivity index (χ1v) is 9.34. The lowest BCUT2D eigenvalue weighted by atomic mass is 10.2. The lowest BCUT2D eigenvalue weighted by Gasteiger charge is -2.17. The number of hydrogen-bond acceptors (Lipinski definition) is 4. The summed E-state index contributed by atoms with van der Waals surface area (Å²) in [5.74, 6) is -1.51. The number of carbonyl (C=O) groups excluding carboxylic acids is 2. The van der Waals surface area contributed by atoms with E-state index in [0.717, 1.165) is 0 Å². The molecule has 1 heterocycles. The summed E-state index contributed by atoms with van der Waals surface area (Å²) in [6.45, 7) is 0.411. The van der Waals surface area contributed by atoms with Gasteiger partial charge in [-0.05, 0) is 36.8 Å². The summed E-state index contributed by atoms with van der Waals surface area (Å²) in [5, 5.41) is 4.97. The van der Waals surface area contributed by atoms with Crippen LogP contribution in [0.1, 0.15) is 6.42 Å². The van der Waals surface area contributed by atoms with Crippen LogP contribution < -0.4 is 14.9 Å². The molecule has 0 spiro atoms. The Morgan fingerprint density at radius 1 is 0.880 bits per heavy atom. The number of hydrogen-bond donors (Lipinski definition) is 2. The monoisotopic (exact) mass is 359 g/mol. The fourth-order valence-electron chi connectivity index (χ4n) is 2.57. The van der Waals surface area contributed by atoms with Gasteiger partial charge in [-0.15, -0.1) is 0 Å². The summed E-state index contributed by atoms with van der Waals surface area (Å²) in [6.07, 6.45) is 0.568. The minimum Gasteiger partial charge on any atom is -0.318 e. The Labute approximate surface area is 145 Å². The molecule has 130 valence electrons. The van der Waals surface area contributed by atoms with Crippen molar-refractivity contribution in [2.45, 2.75) is 6.42 Å². The van der Waals surface area contributed by atoms with Crippen LogP contribution in [0.5, 0.6) is 0 Å². The van der Waals surface area contributed by atoms with E-state index >= 15 is 0 Å². The first-order valence-electron chi connectivity index (χ1n) is 7.73. The maximum atomic E-state index is 12.0. The molecule has 0 atom stereocenters. The summed E-state index contributed by atoms with van der Waals surface area (Å²) in [4.78, 5) is 24.0. The number of nitrogens with zero attached hydrogens (tertiary/aromatic N) is 1. The highest BCUT2D eigenvalue weighted by Crippen LogP contribution is 2.26. The third-order valence-electron chi connectivity index (χ3n) is 3.73. The van der Waals surface area contributed by atoms with E-state index in [4.69, 9.17) is 0 Å². The zero-order valence-corrected chi connectivity index (χ0v) is 14.1. The molecule has 0 aromatic heterocycles. The van der Waals surface area contributed by atoms with E-state index in [1.165, 1.54) is 10.4 Å². The van der Waals surface area contributed by atoms with E-state index in [1.807, 2.05) is 0 Å². The molecule has 2 amide bonds. The van der Waals surface area contributed by atoms with Crippen molar-refractivity contribution in [1.82, 2.24) is 0 Å². The number of para-hydroxylation sites is 1. The van der Waals surface area contributed by atoms with Crippen LogP contribution in [-0.2, 0) is 19.6 Å². The third-order valence-corrected chi connectivity index (χ3v) is 5.60. The number of rotatable bonds is 3. The molecule has 7 nitrogen and oxygen atoms in total. The molecule has 2 aromatic rings. The molecule has 25 heavy (non-hydrogen) atoms. The van der Waals surface area contributed by atoms with E-state index in [-0.39, 0.29) is 5.75 Å². The van der Waals surface area contributed by atoms with Gasteiger partial charge < -0.3 is 10.6 Å². The molecule has 0 saturated carbocycles. The minimum atomic E-state index is -3.30. The maximum absolute atomic E-state index is 12.0. The van der Waals surface area contributed by atoms with Crippen molar-refractivity contribution in [2.24, 2.45) is 0 Å². The predicted molar refractivity (Wildman–Crippen MR) is 95.9 cm³/mol. The second-order valence-corrected chi connectivity index (χ2v) is 7.58. The molecule has 2 N–H and O–H groups in total. The van der Waals surface area contributed by atoms with Crippen LogP contribution in [0, 0.1) is 0 Å². The smallest absolute Gasteiger partial charge is 0.314 e. The van der Waals surface area contributed by atoms with Gasteiger partial charge in [0.05, 0.1) is 11.4 Å².